The van der Waals surface area contributed by atoms with E-state index in [1.165, 1.54) is 5.56 Å². The van der Waals surface area contributed by atoms with E-state index in [0.29, 0.717) is 12.3 Å². The van der Waals surface area contributed by atoms with Gasteiger partial charge in [-0.1, -0.05) is 31.5 Å². The van der Waals surface area contributed by atoms with E-state index in [4.69, 9.17) is 0 Å². The quantitative estimate of drug-likeness (QED) is 0.761. The maximum absolute atomic E-state index is 12.0. The fourth-order valence-corrected chi connectivity index (χ4v) is 2.25. The van der Waals surface area contributed by atoms with E-state index in [0.717, 1.165) is 37.9 Å². The monoisotopic (exact) mass is 217 g/mol. The zero-order valence-electron chi connectivity index (χ0n) is 9.91. The minimum atomic E-state index is 0.290. The van der Waals surface area contributed by atoms with Crippen LogP contribution < -0.4 is 4.90 Å². The summed E-state index contributed by atoms with van der Waals surface area (Å²) in [6.07, 6.45) is 4.92. The van der Waals surface area contributed by atoms with Crippen LogP contribution in [-0.4, -0.2) is 12.5 Å². The highest BCUT2D eigenvalue weighted by atomic mass is 16.2. The molecular weight excluding hydrogens is 198 g/mol. The highest BCUT2D eigenvalue weighted by Gasteiger charge is 2.20. The molecule has 0 aromatic heterocycles. The Hall–Kier alpha value is -1.31. The molecule has 0 radical (unpaired) electrons. The molecule has 1 aliphatic rings. The molecule has 0 saturated carbocycles. The van der Waals surface area contributed by atoms with Crippen LogP contribution in [0.1, 0.15) is 38.2 Å². The van der Waals surface area contributed by atoms with Crippen LogP contribution in [0.15, 0.2) is 24.3 Å². The number of fused-ring (bicyclic) bond motifs is 1. The molecule has 1 aliphatic heterocycles. The van der Waals surface area contributed by atoms with Gasteiger partial charge in [0.2, 0.25) is 5.91 Å². The largest absolute Gasteiger partial charge is 0.312 e. The molecular formula is C14H19NO. The summed E-state index contributed by atoms with van der Waals surface area (Å²) in [4.78, 5) is 14.0. The van der Waals surface area contributed by atoms with Gasteiger partial charge in [0.15, 0.2) is 0 Å². The van der Waals surface area contributed by atoms with Crippen molar-refractivity contribution < 1.29 is 4.79 Å². The number of hydrogen-bond donors (Lipinski definition) is 0. The number of aryl methyl sites for hydroxylation is 1. The number of para-hydroxylation sites is 1. The van der Waals surface area contributed by atoms with Gasteiger partial charge in [-0.05, 0) is 30.9 Å². The lowest BCUT2D eigenvalue weighted by Crippen LogP contribution is -2.31. The molecule has 2 rings (SSSR count). The van der Waals surface area contributed by atoms with E-state index in [-0.39, 0.29) is 0 Å². The first kappa shape index (κ1) is 11.2. The molecule has 0 bridgehead atoms. The smallest absolute Gasteiger partial charge is 0.226 e. The molecule has 0 unspecified atom stereocenters. The predicted molar refractivity (Wildman–Crippen MR) is 66.6 cm³/mol. The second-order valence-corrected chi connectivity index (χ2v) is 4.38. The zero-order valence-corrected chi connectivity index (χ0v) is 9.91. The van der Waals surface area contributed by atoms with Gasteiger partial charge in [-0.25, -0.2) is 0 Å². The number of rotatable bonds is 3. The molecule has 1 amide bonds. The lowest BCUT2D eigenvalue weighted by Gasteiger charge is -2.22. The molecule has 0 spiro atoms. The molecule has 0 aliphatic carbocycles. The zero-order chi connectivity index (χ0) is 11.4. The summed E-state index contributed by atoms with van der Waals surface area (Å²) in [5.41, 5.74) is 2.46. The molecule has 0 atom stereocenters. The minimum absolute atomic E-state index is 0.290. The minimum Gasteiger partial charge on any atom is -0.312 e. The third kappa shape index (κ3) is 2.26. The Morgan fingerprint density at radius 2 is 2.06 bits per heavy atom. The topological polar surface area (TPSA) is 20.3 Å². The van der Waals surface area contributed by atoms with Crippen LogP contribution >= 0.6 is 0 Å². The van der Waals surface area contributed by atoms with Crippen molar-refractivity contribution in [3.05, 3.63) is 29.8 Å². The fraction of sp³-hybridized carbons (Fsp3) is 0.500. The van der Waals surface area contributed by atoms with E-state index in [9.17, 15) is 4.79 Å². The van der Waals surface area contributed by atoms with Gasteiger partial charge in [-0.3, -0.25) is 4.79 Å². The van der Waals surface area contributed by atoms with Gasteiger partial charge in [0, 0.05) is 18.7 Å². The van der Waals surface area contributed by atoms with Gasteiger partial charge in [0.25, 0.3) is 0 Å². The average molecular weight is 217 g/mol. The van der Waals surface area contributed by atoms with Crippen molar-refractivity contribution >= 4 is 11.6 Å². The van der Waals surface area contributed by atoms with E-state index in [2.05, 4.69) is 25.1 Å². The Morgan fingerprint density at radius 3 is 2.88 bits per heavy atom. The van der Waals surface area contributed by atoms with Crippen LogP contribution in [0.5, 0.6) is 0 Å². The summed E-state index contributed by atoms with van der Waals surface area (Å²) in [6.45, 7) is 3.03. The van der Waals surface area contributed by atoms with Crippen LogP contribution in [0.2, 0.25) is 0 Å². The summed E-state index contributed by atoms with van der Waals surface area (Å²) in [5, 5.41) is 0. The Morgan fingerprint density at radius 1 is 1.25 bits per heavy atom. The maximum atomic E-state index is 12.0. The van der Waals surface area contributed by atoms with Crippen LogP contribution in [0.4, 0.5) is 5.69 Å². The third-order valence-electron chi connectivity index (χ3n) is 3.16. The van der Waals surface area contributed by atoms with E-state index >= 15 is 0 Å². The first-order valence-corrected chi connectivity index (χ1v) is 6.21. The summed E-state index contributed by atoms with van der Waals surface area (Å²) in [5.74, 6) is 0.290. The highest BCUT2D eigenvalue weighted by Crippen LogP contribution is 2.26. The van der Waals surface area contributed by atoms with Gasteiger partial charge >= 0.3 is 0 Å². The highest BCUT2D eigenvalue weighted by molar-refractivity contribution is 5.94. The number of anilines is 1. The molecule has 1 aromatic rings. The SMILES string of the molecule is CCCCN1C(=O)CCCc2ccccc21. The summed E-state index contributed by atoms with van der Waals surface area (Å²) < 4.78 is 0. The summed E-state index contributed by atoms with van der Waals surface area (Å²) >= 11 is 0. The Balaban J connectivity index is 2.28. The van der Waals surface area contributed by atoms with E-state index in [1.807, 2.05) is 11.0 Å². The van der Waals surface area contributed by atoms with Crippen LogP contribution in [-0.2, 0) is 11.2 Å². The first-order chi connectivity index (χ1) is 7.83. The van der Waals surface area contributed by atoms with Gasteiger partial charge in [0.05, 0.1) is 0 Å². The van der Waals surface area contributed by atoms with Crippen molar-refractivity contribution in [3.8, 4) is 0 Å². The van der Waals surface area contributed by atoms with Crippen LogP contribution in [0, 0.1) is 0 Å². The lowest BCUT2D eigenvalue weighted by molar-refractivity contribution is -0.118. The molecule has 1 aromatic carbocycles. The van der Waals surface area contributed by atoms with Crippen molar-refractivity contribution in [2.24, 2.45) is 0 Å². The Bertz CT molecular complexity index is 373. The number of carbonyl (C=O) groups excluding carboxylic acids is 1. The predicted octanol–water partition coefficient (Wildman–Crippen LogP) is 3.16. The fourth-order valence-electron chi connectivity index (χ4n) is 2.25. The van der Waals surface area contributed by atoms with Gasteiger partial charge in [-0.15, -0.1) is 0 Å². The van der Waals surface area contributed by atoms with Gasteiger partial charge in [-0.2, -0.15) is 0 Å². The molecule has 16 heavy (non-hydrogen) atoms. The number of unbranched alkanes of at least 4 members (excludes halogenated alkanes) is 1. The molecule has 1 heterocycles. The molecule has 0 N–H and O–H groups in total. The molecule has 86 valence electrons. The maximum Gasteiger partial charge on any atom is 0.226 e. The van der Waals surface area contributed by atoms with Crippen molar-refractivity contribution in [1.29, 1.82) is 0 Å². The molecule has 0 saturated heterocycles. The number of amides is 1. The molecule has 2 heteroatoms. The van der Waals surface area contributed by atoms with Crippen LogP contribution in [0.3, 0.4) is 0 Å². The second kappa shape index (κ2) is 5.15. The van der Waals surface area contributed by atoms with Crippen molar-refractivity contribution in [2.45, 2.75) is 39.0 Å². The Kier molecular flexibility index (Phi) is 3.60. The summed E-state index contributed by atoms with van der Waals surface area (Å²) in [7, 11) is 0. The van der Waals surface area contributed by atoms with E-state index in [1.54, 1.807) is 0 Å². The van der Waals surface area contributed by atoms with Gasteiger partial charge < -0.3 is 4.90 Å². The molecule has 0 fully saturated rings. The second-order valence-electron chi connectivity index (χ2n) is 4.38. The number of nitrogens with zero attached hydrogens (tertiary/aromatic N) is 1. The number of hydrogen-bond acceptors (Lipinski definition) is 1. The molecule has 2 nitrogen and oxygen atoms in total. The normalized spacial score (nSPS) is 15.8. The average Bonchev–Trinajstić information content (AvgIpc) is 2.46. The van der Waals surface area contributed by atoms with E-state index < -0.39 is 0 Å². The standard InChI is InChI=1S/C14H19NO/c1-2-3-11-15-13-9-5-4-7-12(13)8-6-10-14(15)16/h4-5,7,9H,2-3,6,8,10-11H2,1H3. The summed E-state index contributed by atoms with van der Waals surface area (Å²) in [6, 6.07) is 8.31. The van der Waals surface area contributed by atoms with Crippen LogP contribution in [0.25, 0.3) is 0 Å². The Labute approximate surface area is 97.3 Å². The lowest BCUT2D eigenvalue weighted by atomic mass is 10.1. The first-order valence-electron chi connectivity index (χ1n) is 6.21. The number of benzene rings is 1. The van der Waals surface area contributed by atoms with Gasteiger partial charge in [0.1, 0.15) is 0 Å². The third-order valence-corrected chi connectivity index (χ3v) is 3.16. The van der Waals surface area contributed by atoms with Crippen molar-refractivity contribution in [1.82, 2.24) is 0 Å². The van der Waals surface area contributed by atoms with Crippen molar-refractivity contribution in [3.63, 3.8) is 0 Å². The number of carbonyl (C=O) groups is 1. The van der Waals surface area contributed by atoms with Crippen molar-refractivity contribution in [2.75, 3.05) is 11.4 Å².